The predicted molar refractivity (Wildman–Crippen MR) is 192 cm³/mol. The average molecular weight is 586 g/mol. The van der Waals surface area contributed by atoms with Crippen LogP contribution in [0.3, 0.4) is 0 Å². The SMILES string of the molecule is c1ccc(-n2c3cc4ccccc4cc3c3cccc(-c4ccccc4-c4ccc5c6c(cccc46)-c4ccccc4O5)c32)cc1. The molecule has 1 aromatic heterocycles. The van der Waals surface area contributed by atoms with Crippen molar-refractivity contribution in [2.24, 2.45) is 0 Å². The first-order valence-corrected chi connectivity index (χ1v) is 15.8. The van der Waals surface area contributed by atoms with Gasteiger partial charge in [-0.2, -0.15) is 0 Å². The van der Waals surface area contributed by atoms with Crippen LogP contribution < -0.4 is 4.74 Å². The van der Waals surface area contributed by atoms with Gasteiger partial charge >= 0.3 is 0 Å². The number of nitrogens with zero attached hydrogens (tertiary/aromatic N) is 1. The highest BCUT2D eigenvalue weighted by atomic mass is 16.5. The summed E-state index contributed by atoms with van der Waals surface area (Å²) in [6, 6.07) is 59.0. The molecule has 214 valence electrons. The van der Waals surface area contributed by atoms with Gasteiger partial charge in [0.15, 0.2) is 0 Å². The minimum Gasteiger partial charge on any atom is -0.456 e. The molecule has 2 heterocycles. The highest BCUT2D eigenvalue weighted by Gasteiger charge is 2.23. The van der Waals surface area contributed by atoms with Crippen molar-refractivity contribution in [2.45, 2.75) is 0 Å². The number of aromatic nitrogens is 1. The maximum absolute atomic E-state index is 6.44. The van der Waals surface area contributed by atoms with Gasteiger partial charge in [0, 0.05) is 33.0 Å². The van der Waals surface area contributed by atoms with Crippen LogP contribution in [0.2, 0.25) is 0 Å². The van der Waals surface area contributed by atoms with Crippen molar-refractivity contribution < 1.29 is 4.74 Å². The Hall–Kier alpha value is -6.12. The van der Waals surface area contributed by atoms with E-state index in [4.69, 9.17) is 4.74 Å². The minimum atomic E-state index is 0.906. The zero-order chi connectivity index (χ0) is 30.2. The largest absolute Gasteiger partial charge is 0.456 e. The van der Waals surface area contributed by atoms with Crippen molar-refractivity contribution in [3.05, 3.63) is 164 Å². The van der Waals surface area contributed by atoms with Crippen LogP contribution in [-0.2, 0) is 0 Å². The molecule has 10 rings (SSSR count). The summed E-state index contributed by atoms with van der Waals surface area (Å²) < 4.78 is 8.89. The fourth-order valence-corrected chi connectivity index (χ4v) is 7.58. The van der Waals surface area contributed by atoms with Gasteiger partial charge in [0.25, 0.3) is 0 Å². The van der Waals surface area contributed by atoms with E-state index in [1.807, 2.05) is 6.07 Å². The Morgan fingerprint density at radius 1 is 0.370 bits per heavy atom. The minimum absolute atomic E-state index is 0.906. The van der Waals surface area contributed by atoms with Crippen molar-refractivity contribution in [2.75, 3.05) is 0 Å². The van der Waals surface area contributed by atoms with Crippen molar-refractivity contribution in [3.63, 3.8) is 0 Å². The van der Waals surface area contributed by atoms with E-state index in [-0.39, 0.29) is 0 Å². The molecule has 0 aliphatic carbocycles. The standard InChI is InChI=1S/C44H27NO/c1-2-14-30(15-3-1)45-40-27-29-13-5-4-12-28(29)26-39(40)38-22-11-21-37(44(38)45)32-17-7-6-16-31(32)33-24-25-42-43-35(33)19-10-20-36(43)34-18-8-9-23-41(34)46-42/h1-27H. The second-order valence-electron chi connectivity index (χ2n) is 12.1. The van der Waals surface area contributed by atoms with Gasteiger partial charge in [0.05, 0.1) is 11.0 Å². The molecule has 0 spiro atoms. The molecule has 0 saturated carbocycles. The number of hydrogen-bond acceptors (Lipinski definition) is 1. The van der Waals surface area contributed by atoms with Gasteiger partial charge in [-0.25, -0.2) is 0 Å². The molecule has 46 heavy (non-hydrogen) atoms. The zero-order valence-corrected chi connectivity index (χ0v) is 24.9. The van der Waals surface area contributed by atoms with E-state index in [9.17, 15) is 0 Å². The maximum Gasteiger partial charge on any atom is 0.135 e. The third-order valence-corrected chi connectivity index (χ3v) is 9.58. The van der Waals surface area contributed by atoms with Gasteiger partial charge in [0.1, 0.15) is 11.5 Å². The normalized spacial score (nSPS) is 12.1. The molecule has 8 aromatic carbocycles. The van der Waals surface area contributed by atoms with E-state index < -0.39 is 0 Å². The second kappa shape index (κ2) is 9.69. The molecule has 0 bridgehead atoms. The van der Waals surface area contributed by atoms with Crippen molar-refractivity contribution in [3.8, 4) is 50.6 Å². The molecule has 0 unspecified atom stereocenters. The summed E-state index contributed by atoms with van der Waals surface area (Å²) in [6.45, 7) is 0. The number of para-hydroxylation sites is 3. The number of benzene rings is 8. The third-order valence-electron chi connectivity index (χ3n) is 9.58. The molecule has 0 radical (unpaired) electrons. The van der Waals surface area contributed by atoms with Crippen molar-refractivity contribution in [1.82, 2.24) is 4.57 Å². The quantitative estimate of drug-likeness (QED) is 0.201. The van der Waals surface area contributed by atoms with E-state index in [1.54, 1.807) is 0 Å². The summed E-state index contributed by atoms with van der Waals surface area (Å²) in [5.74, 6) is 1.81. The summed E-state index contributed by atoms with van der Waals surface area (Å²) in [6.07, 6.45) is 0. The molecular formula is C44H27NO. The van der Waals surface area contributed by atoms with Gasteiger partial charge in [-0.1, -0.05) is 127 Å². The second-order valence-corrected chi connectivity index (χ2v) is 12.1. The van der Waals surface area contributed by atoms with Crippen LogP contribution in [0.5, 0.6) is 11.5 Å². The summed E-state index contributed by atoms with van der Waals surface area (Å²) in [7, 11) is 0. The number of rotatable bonds is 3. The summed E-state index contributed by atoms with van der Waals surface area (Å²) in [4.78, 5) is 0. The maximum atomic E-state index is 6.44. The Morgan fingerprint density at radius 2 is 1.00 bits per heavy atom. The fraction of sp³-hybridized carbons (Fsp3) is 0. The van der Waals surface area contributed by atoms with Crippen molar-refractivity contribution in [1.29, 1.82) is 0 Å². The summed E-state index contributed by atoms with van der Waals surface area (Å²) >= 11 is 0. The highest BCUT2D eigenvalue weighted by molar-refractivity contribution is 6.18. The lowest BCUT2D eigenvalue weighted by Crippen LogP contribution is -1.98. The van der Waals surface area contributed by atoms with Crippen LogP contribution >= 0.6 is 0 Å². The lowest BCUT2D eigenvalue weighted by atomic mass is 9.87. The van der Waals surface area contributed by atoms with E-state index in [0.717, 1.165) is 28.1 Å². The molecular weight excluding hydrogens is 558 g/mol. The molecule has 9 aromatic rings. The first-order chi connectivity index (χ1) is 22.8. The molecule has 2 heteroatoms. The summed E-state index contributed by atoms with van der Waals surface area (Å²) in [5, 5.41) is 7.36. The topological polar surface area (TPSA) is 14.2 Å². The van der Waals surface area contributed by atoms with E-state index in [2.05, 4.69) is 162 Å². The van der Waals surface area contributed by atoms with Gasteiger partial charge in [-0.15, -0.1) is 0 Å². The molecule has 1 aliphatic rings. The number of fused-ring (bicyclic) bond motifs is 6. The highest BCUT2D eigenvalue weighted by Crippen LogP contribution is 2.50. The van der Waals surface area contributed by atoms with Crippen molar-refractivity contribution >= 4 is 43.4 Å². The first-order valence-electron chi connectivity index (χ1n) is 15.8. The lowest BCUT2D eigenvalue weighted by molar-refractivity contribution is 0.487. The Balaban J connectivity index is 1.29. The molecule has 0 saturated heterocycles. The molecule has 1 aliphatic heterocycles. The van der Waals surface area contributed by atoms with Gasteiger partial charge in [0.2, 0.25) is 0 Å². The van der Waals surface area contributed by atoms with E-state index in [0.29, 0.717) is 0 Å². The van der Waals surface area contributed by atoms with Gasteiger partial charge < -0.3 is 9.30 Å². The first kappa shape index (κ1) is 25.2. The predicted octanol–water partition coefficient (Wildman–Crippen LogP) is 12.2. The smallest absolute Gasteiger partial charge is 0.135 e. The fourth-order valence-electron chi connectivity index (χ4n) is 7.58. The molecule has 0 atom stereocenters. The Bertz CT molecular complexity index is 2660. The third kappa shape index (κ3) is 3.59. The van der Waals surface area contributed by atoms with Gasteiger partial charge in [-0.05, 0) is 74.8 Å². The number of hydrogen-bond donors (Lipinski definition) is 0. The summed E-state index contributed by atoms with van der Waals surface area (Å²) in [5.41, 5.74) is 10.7. The average Bonchev–Trinajstić information content (AvgIpc) is 3.45. The molecule has 0 N–H and O–H groups in total. The van der Waals surface area contributed by atoms with Crippen LogP contribution in [0.25, 0.3) is 82.4 Å². The van der Waals surface area contributed by atoms with E-state index >= 15 is 0 Å². The Labute approximate surface area is 266 Å². The zero-order valence-electron chi connectivity index (χ0n) is 24.9. The van der Waals surface area contributed by atoms with E-state index in [1.165, 1.54) is 65.8 Å². The van der Waals surface area contributed by atoms with Crippen LogP contribution in [0.1, 0.15) is 0 Å². The molecule has 2 nitrogen and oxygen atoms in total. The Morgan fingerprint density at radius 3 is 1.83 bits per heavy atom. The Kier molecular flexibility index (Phi) is 5.31. The monoisotopic (exact) mass is 585 g/mol. The number of ether oxygens (including phenoxy) is 1. The van der Waals surface area contributed by atoms with Crippen LogP contribution in [0.4, 0.5) is 0 Å². The molecule has 0 amide bonds. The lowest BCUT2D eigenvalue weighted by Gasteiger charge is -2.23. The van der Waals surface area contributed by atoms with Crippen LogP contribution in [0, 0.1) is 0 Å². The van der Waals surface area contributed by atoms with Crippen LogP contribution in [0.15, 0.2) is 164 Å². The molecule has 0 fully saturated rings. The van der Waals surface area contributed by atoms with Gasteiger partial charge in [-0.3, -0.25) is 0 Å². The van der Waals surface area contributed by atoms with Crippen LogP contribution in [-0.4, -0.2) is 4.57 Å².